The quantitative estimate of drug-likeness (QED) is 0.212. The van der Waals surface area contributed by atoms with Gasteiger partial charge < -0.3 is 10.1 Å². The van der Waals surface area contributed by atoms with Gasteiger partial charge in [-0.25, -0.2) is 4.39 Å². The van der Waals surface area contributed by atoms with Gasteiger partial charge >= 0.3 is 0 Å². The number of halogens is 3. The summed E-state index contributed by atoms with van der Waals surface area (Å²) < 4.78 is 20.0. The molecule has 0 aliphatic heterocycles. The predicted molar refractivity (Wildman–Crippen MR) is 133 cm³/mol. The normalized spacial score (nSPS) is 11.1. The lowest BCUT2D eigenvalue weighted by Gasteiger charge is -2.13. The summed E-state index contributed by atoms with van der Waals surface area (Å²) in [6, 6.07) is 17.1. The summed E-state index contributed by atoms with van der Waals surface area (Å²) in [5, 5.41) is 12.7. The Balaban J connectivity index is 1.88. The van der Waals surface area contributed by atoms with Gasteiger partial charge in [-0.2, -0.15) is 5.26 Å². The number of methoxy groups -OCH3 is 1. The number of nitrogens with one attached hydrogen (secondary N) is 1. The number of anilines is 1. The van der Waals surface area contributed by atoms with Gasteiger partial charge in [0.05, 0.1) is 7.11 Å². The summed E-state index contributed by atoms with van der Waals surface area (Å²) in [6.07, 6.45) is 1.99. The molecule has 0 aliphatic carbocycles. The van der Waals surface area contributed by atoms with Crippen LogP contribution in [0.1, 0.15) is 22.3 Å². The second-order valence-corrected chi connectivity index (χ2v) is 8.65. The molecule has 0 bridgehead atoms. The highest BCUT2D eigenvalue weighted by Gasteiger charge is 2.14. The number of rotatable bonds is 6. The largest absolute Gasteiger partial charge is 0.496 e. The van der Waals surface area contributed by atoms with E-state index in [0.29, 0.717) is 28.4 Å². The van der Waals surface area contributed by atoms with Crippen LogP contribution in [0.25, 0.3) is 6.08 Å². The molecule has 0 aliphatic rings. The van der Waals surface area contributed by atoms with Crippen LogP contribution in [0.2, 0.25) is 5.02 Å². The molecule has 4 nitrogen and oxygen atoms in total. The van der Waals surface area contributed by atoms with Crippen LogP contribution in [0, 0.1) is 27.6 Å². The van der Waals surface area contributed by atoms with E-state index in [4.69, 9.17) is 16.3 Å². The van der Waals surface area contributed by atoms with Crippen LogP contribution in [0.15, 0.2) is 60.2 Å². The average Bonchev–Trinajstić information content (AvgIpc) is 2.76. The van der Waals surface area contributed by atoms with Gasteiger partial charge in [-0.1, -0.05) is 29.8 Å². The standard InChI is InChI=1S/C25H19ClFIN2O2/c1-15-6-7-20(13-22(15)26)30-25(31)18(14-29)8-17-11-23(28)21(24(12-17)32-2)10-16-4-3-5-19(27)9-16/h3-9,11-13H,10H2,1-2H3,(H,30,31)/b18-8+. The lowest BCUT2D eigenvalue weighted by Crippen LogP contribution is -2.13. The zero-order valence-corrected chi connectivity index (χ0v) is 20.3. The highest BCUT2D eigenvalue weighted by atomic mass is 127. The molecule has 0 heterocycles. The Bertz CT molecular complexity index is 1250. The Morgan fingerprint density at radius 2 is 2.03 bits per heavy atom. The van der Waals surface area contributed by atoms with E-state index in [1.54, 1.807) is 37.4 Å². The monoisotopic (exact) mass is 560 g/mol. The zero-order valence-electron chi connectivity index (χ0n) is 17.4. The fourth-order valence-corrected chi connectivity index (χ4v) is 4.10. The van der Waals surface area contributed by atoms with Crippen molar-refractivity contribution in [1.29, 1.82) is 5.26 Å². The van der Waals surface area contributed by atoms with Crippen molar-refractivity contribution < 1.29 is 13.9 Å². The first-order chi connectivity index (χ1) is 15.3. The summed E-state index contributed by atoms with van der Waals surface area (Å²) in [7, 11) is 1.55. The number of ether oxygens (including phenoxy) is 1. The fraction of sp³-hybridized carbons (Fsp3) is 0.120. The number of nitrogens with zero attached hydrogens (tertiary/aromatic N) is 1. The van der Waals surface area contributed by atoms with E-state index >= 15 is 0 Å². The Kier molecular flexibility index (Phi) is 7.89. The zero-order chi connectivity index (χ0) is 23.3. The number of amides is 1. The van der Waals surface area contributed by atoms with Gasteiger partial charge in [0, 0.05) is 26.3 Å². The maximum absolute atomic E-state index is 13.6. The van der Waals surface area contributed by atoms with E-state index in [2.05, 4.69) is 27.9 Å². The maximum atomic E-state index is 13.6. The Labute approximate surface area is 204 Å². The molecular weight excluding hydrogens is 542 g/mol. The molecule has 0 fully saturated rings. The third-order valence-electron chi connectivity index (χ3n) is 4.77. The number of benzene rings is 3. The van der Waals surface area contributed by atoms with Gasteiger partial charge in [0.2, 0.25) is 0 Å². The molecule has 0 radical (unpaired) electrons. The number of carbonyl (C=O) groups excluding carboxylic acids is 1. The van der Waals surface area contributed by atoms with Gasteiger partial charge in [-0.05, 0) is 88.7 Å². The summed E-state index contributed by atoms with van der Waals surface area (Å²) >= 11 is 8.28. The molecule has 0 saturated heterocycles. The summed E-state index contributed by atoms with van der Waals surface area (Å²) in [6.45, 7) is 1.86. The molecular formula is C25H19ClFIN2O2. The topological polar surface area (TPSA) is 62.1 Å². The van der Waals surface area contributed by atoms with Gasteiger partial charge in [0.25, 0.3) is 5.91 Å². The van der Waals surface area contributed by atoms with Crippen LogP contribution in [-0.4, -0.2) is 13.0 Å². The van der Waals surface area contributed by atoms with E-state index < -0.39 is 5.91 Å². The average molecular weight is 561 g/mol. The van der Waals surface area contributed by atoms with Crippen molar-refractivity contribution in [2.24, 2.45) is 0 Å². The van der Waals surface area contributed by atoms with E-state index in [1.807, 2.05) is 25.1 Å². The van der Waals surface area contributed by atoms with E-state index in [9.17, 15) is 14.4 Å². The minimum absolute atomic E-state index is 0.0579. The number of hydrogen-bond donors (Lipinski definition) is 1. The summed E-state index contributed by atoms with van der Waals surface area (Å²) in [5.41, 5.74) is 3.69. The van der Waals surface area contributed by atoms with Crippen molar-refractivity contribution >= 4 is 51.9 Å². The Morgan fingerprint density at radius 1 is 1.25 bits per heavy atom. The van der Waals surface area contributed by atoms with Crippen LogP contribution in [0.3, 0.4) is 0 Å². The smallest absolute Gasteiger partial charge is 0.266 e. The van der Waals surface area contributed by atoms with E-state index in [1.165, 1.54) is 18.2 Å². The van der Waals surface area contributed by atoms with Crippen molar-refractivity contribution in [3.8, 4) is 11.8 Å². The first-order valence-electron chi connectivity index (χ1n) is 9.61. The molecule has 0 unspecified atom stereocenters. The first-order valence-corrected chi connectivity index (χ1v) is 11.1. The second-order valence-electron chi connectivity index (χ2n) is 7.08. The van der Waals surface area contributed by atoms with E-state index in [-0.39, 0.29) is 11.4 Å². The first kappa shape index (κ1) is 23.8. The Hall–Kier alpha value is -2.89. The molecule has 32 heavy (non-hydrogen) atoms. The molecule has 3 aromatic carbocycles. The van der Waals surface area contributed by atoms with Crippen LogP contribution < -0.4 is 10.1 Å². The third kappa shape index (κ3) is 5.87. The summed E-state index contributed by atoms with van der Waals surface area (Å²) in [5.74, 6) is -0.240. The van der Waals surface area contributed by atoms with Gasteiger partial charge in [-0.3, -0.25) is 4.79 Å². The molecule has 1 amide bonds. The maximum Gasteiger partial charge on any atom is 0.266 e. The van der Waals surface area contributed by atoms with Crippen molar-refractivity contribution in [2.45, 2.75) is 13.3 Å². The molecule has 0 spiro atoms. The van der Waals surface area contributed by atoms with Crippen molar-refractivity contribution in [2.75, 3.05) is 12.4 Å². The van der Waals surface area contributed by atoms with Crippen LogP contribution >= 0.6 is 34.2 Å². The van der Waals surface area contributed by atoms with Crippen LogP contribution in [0.4, 0.5) is 10.1 Å². The van der Waals surface area contributed by atoms with Crippen LogP contribution in [0.5, 0.6) is 5.75 Å². The molecule has 7 heteroatoms. The number of hydrogen-bond acceptors (Lipinski definition) is 3. The Morgan fingerprint density at radius 3 is 2.69 bits per heavy atom. The third-order valence-corrected chi connectivity index (χ3v) is 6.14. The molecule has 0 aromatic heterocycles. The lowest BCUT2D eigenvalue weighted by atomic mass is 10.0. The van der Waals surface area contributed by atoms with Gasteiger partial charge in [0.15, 0.2) is 0 Å². The minimum atomic E-state index is -0.537. The lowest BCUT2D eigenvalue weighted by molar-refractivity contribution is -0.112. The molecule has 3 rings (SSSR count). The van der Waals surface area contributed by atoms with Gasteiger partial charge in [-0.15, -0.1) is 0 Å². The highest BCUT2D eigenvalue weighted by molar-refractivity contribution is 14.1. The number of aryl methyl sites for hydroxylation is 1. The molecule has 0 saturated carbocycles. The highest BCUT2D eigenvalue weighted by Crippen LogP contribution is 2.30. The predicted octanol–water partition coefficient (Wildman–Crippen LogP) is 6.54. The molecule has 1 N–H and O–H groups in total. The number of nitriles is 1. The van der Waals surface area contributed by atoms with Crippen molar-refractivity contribution in [1.82, 2.24) is 0 Å². The molecule has 162 valence electrons. The van der Waals surface area contributed by atoms with Crippen molar-refractivity contribution in [3.05, 3.63) is 96.8 Å². The fourth-order valence-electron chi connectivity index (χ4n) is 3.10. The van der Waals surface area contributed by atoms with Gasteiger partial charge in [0.1, 0.15) is 23.2 Å². The second kappa shape index (κ2) is 10.6. The van der Waals surface area contributed by atoms with Crippen molar-refractivity contribution in [3.63, 3.8) is 0 Å². The number of carbonyl (C=O) groups is 1. The van der Waals surface area contributed by atoms with E-state index in [0.717, 1.165) is 20.3 Å². The molecule has 0 atom stereocenters. The SMILES string of the molecule is COc1cc(/C=C(\C#N)C(=O)Nc2ccc(C)c(Cl)c2)cc(I)c1Cc1cccc(F)c1. The van der Waals surface area contributed by atoms with Crippen LogP contribution in [-0.2, 0) is 11.2 Å². The molecule has 3 aromatic rings. The summed E-state index contributed by atoms with van der Waals surface area (Å²) in [4.78, 5) is 12.6. The minimum Gasteiger partial charge on any atom is -0.496 e.